The zero-order valence-corrected chi connectivity index (χ0v) is 20.0. The number of nitrogen functional groups attached to an aromatic ring is 1. The molecule has 2 aromatic carbocycles. The average molecular weight is 487 g/mol. The first kappa shape index (κ1) is 25.0. The van der Waals surface area contributed by atoms with Crippen molar-refractivity contribution in [2.75, 3.05) is 5.84 Å². The van der Waals surface area contributed by atoms with Gasteiger partial charge in [0.15, 0.2) is 0 Å². The van der Waals surface area contributed by atoms with E-state index in [1.54, 1.807) is 18.2 Å². The van der Waals surface area contributed by atoms with E-state index in [4.69, 9.17) is 22.2 Å². The summed E-state index contributed by atoms with van der Waals surface area (Å²) in [6, 6.07) is 12.6. The molecule has 0 saturated carbocycles. The normalized spacial score (nSPS) is 11.7. The maximum absolute atomic E-state index is 13.2. The van der Waals surface area contributed by atoms with Crippen molar-refractivity contribution in [3.8, 4) is 5.75 Å². The van der Waals surface area contributed by atoms with E-state index in [0.717, 1.165) is 21.7 Å². The molecule has 1 aromatic heterocycles. The van der Waals surface area contributed by atoms with Gasteiger partial charge in [0, 0.05) is 23.2 Å². The third-order valence-corrected chi connectivity index (χ3v) is 5.28. The zero-order valence-electron chi connectivity index (χ0n) is 19.3. The number of benzene rings is 2. The highest BCUT2D eigenvalue weighted by Gasteiger charge is 2.15. The minimum absolute atomic E-state index is 0.0348. The number of amides is 1. The summed E-state index contributed by atoms with van der Waals surface area (Å²) in [6.45, 7) is 6.14. The van der Waals surface area contributed by atoms with E-state index in [-0.39, 0.29) is 37.7 Å². The number of nitrogens with two attached hydrogens (primary N) is 1. The SMILES string of the molecule is Cc1cc(N=c2n(Cc3ccc(Cl)cc3)c(=O)n(CCCC(=O)N=O)n2N)ccc1OC(C)C. The Kier molecular flexibility index (Phi) is 8.06. The lowest BCUT2D eigenvalue weighted by Gasteiger charge is -2.12. The maximum Gasteiger partial charge on any atom is 0.347 e. The number of rotatable bonds is 9. The summed E-state index contributed by atoms with van der Waals surface area (Å²) < 4.78 is 8.50. The van der Waals surface area contributed by atoms with Crippen LogP contribution in [0, 0.1) is 11.8 Å². The Hall–Kier alpha value is -3.66. The third-order valence-electron chi connectivity index (χ3n) is 5.02. The molecule has 2 N–H and O–H groups in total. The van der Waals surface area contributed by atoms with Crippen LogP contribution in [0.3, 0.4) is 0 Å². The topological polar surface area (TPSA) is 126 Å². The van der Waals surface area contributed by atoms with Gasteiger partial charge >= 0.3 is 5.69 Å². The lowest BCUT2D eigenvalue weighted by atomic mass is 10.2. The number of ether oxygens (including phenoxy) is 1. The number of aryl methyl sites for hydroxylation is 1. The first-order chi connectivity index (χ1) is 16.2. The highest BCUT2D eigenvalue weighted by molar-refractivity contribution is 6.30. The van der Waals surface area contributed by atoms with Gasteiger partial charge < -0.3 is 10.6 Å². The maximum atomic E-state index is 13.2. The number of halogens is 1. The average Bonchev–Trinajstić information content (AvgIpc) is 3.01. The molecule has 34 heavy (non-hydrogen) atoms. The Morgan fingerprint density at radius 2 is 1.88 bits per heavy atom. The largest absolute Gasteiger partial charge is 0.491 e. The highest BCUT2D eigenvalue weighted by Crippen LogP contribution is 2.24. The monoisotopic (exact) mass is 486 g/mol. The molecule has 180 valence electrons. The van der Waals surface area contributed by atoms with Crippen molar-refractivity contribution >= 4 is 23.2 Å². The second-order valence-electron chi connectivity index (χ2n) is 8.08. The van der Waals surface area contributed by atoms with E-state index in [2.05, 4.69) is 10.2 Å². The predicted octanol–water partition coefficient (Wildman–Crippen LogP) is 3.27. The third kappa shape index (κ3) is 6.02. The van der Waals surface area contributed by atoms with Crippen molar-refractivity contribution in [2.24, 2.45) is 10.2 Å². The molecular weight excluding hydrogens is 460 g/mol. The summed E-state index contributed by atoms with van der Waals surface area (Å²) in [5.74, 6) is 6.24. The lowest BCUT2D eigenvalue weighted by molar-refractivity contribution is -0.118. The van der Waals surface area contributed by atoms with E-state index >= 15 is 0 Å². The first-order valence-electron chi connectivity index (χ1n) is 10.8. The van der Waals surface area contributed by atoms with E-state index in [9.17, 15) is 14.5 Å². The number of hydrogen-bond acceptors (Lipinski definition) is 6. The van der Waals surface area contributed by atoms with Gasteiger partial charge in [0.05, 0.1) is 18.3 Å². The zero-order chi connectivity index (χ0) is 24.8. The van der Waals surface area contributed by atoms with Gasteiger partial charge in [-0.1, -0.05) is 23.7 Å². The fourth-order valence-corrected chi connectivity index (χ4v) is 3.53. The molecule has 3 aromatic rings. The lowest BCUT2D eigenvalue weighted by Crippen LogP contribution is -2.34. The minimum atomic E-state index is -0.777. The summed E-state index contributed by atoms with van der Waals surface area (Å²) in [4.78, 5) is 40.6. The molecule has 0 aliphatic carbocycles. The van der Waals surface area contributed by atoms with Gasteiger partial charge in [-0.3, -0.25) is 9.36 Å². The number of hydrogen-bond donors (Lipinski definition) is 1. The van der Waals surface area contributed by atoms with E-state index in [1.165, 1.54) is 9.25 Å². The molecule has 0 atom stereocenters. The summed E-state index contributed by atoms with van der Waals surface area (Å²) in [7, 11) is 0. The summed E-state index contributed by atoms with van der Waals surface area (Å²) in [5, 5.41) is 2.96. The van der Waals surface area contributed by atoms with E-state index in [0.29, 0.717) is 10.7 Å². The Balaban J connectivity index is 2.06. The molecule has 1 heterocycles. The second kappa shape index (κ2) is 11.0. The van der Waals surface area contributed by atoms with Crippen LogP contribution in [0.5, 0.6) is 5.75 Å². The molecule has 0 fully saturated rings. The summed E-state index contributed by atoms with van der Waals surface area (Å²) >= 11 is 5.98. The van der Waals surface area contributed by atoms with Gasteiger partial charge in [0.25, 0.3) is 5.91 Å². The van der Waals surface area contributed by atoms with Crippen molar-refractivity contribution < 1.29 is 9.53 Å². The van der Waals surface area contributed by atoms with Gasteiger partial charge in [-0.25, -0.2) is 14.5 Å². The summed E-state index contributed by atoms with van der Waals surface area (Å²) in [5.41, 5.74) is 2.13. The van der Waals surface area contributed by atoms with Crippen LogP contribution < -0.4 is 21.9 Å². The van der Waals surface area contributed by atoms with Gasteiger partial charge in [0.2, 0.25) is 5.62 Å². The van der Waals surface area contributed by atoms with E-state index in [1.807, 2.05) is 45.0 Å². The highest BCUT2D eigenvalue weighted by atomic mass is 35.5. The molecule has 0 spiro atoms. The first-order valence-corrected chi connectivity index (χ1v) is 11.2. The number of nitroso groups, excluding NO2 is 1. The van der Waals surface area contributed by atoms with Gasteiger partial charge in [-0.05, 0) is 68.7 Å². The molecule has 10 nitrogen and oxygen atoms in total. The van der Waals surface area contributed by atoms with Gasteiger partial charge in [-0.15, -0.1) is 4.91 Å². The number of carbonyl (C=O) groups is 1. The Bertz CT molecular complexity index is 1300. The van der Waals surface area contributed by atoms with Crippen LogP contribution in [0.4, 0.5) is 5.69 Å². The Morgan fingerprint density at radius 1 is 1.18 bits per heavy atom. The van der Waals surface area contributed by atoms with Crippen molar-refractivity contribution in [2.45, 2.75) is 52.8 Å². The van der Waals surface area contributed by atoms with Crippen molar-refractivity contribution in [3.63, 3.8) is 0 Å². The van der Waals surface area contributed by atoms with Crippen LogP contribution in [0.2, 0.25) is 5.02 Å². The van der Waals surface area contributed by atoms with Crippen molar-refractivity contribution in [3.05, 3.63) is 79.6 Å². The van der Waals surface area contributed by atoms with Crippen LogP contribution in [-0.2, 0) is 17.9 Å². The second-order valence-corrected chi connectivity index (χ2v) is 8.52. The van der Waals surface area contributed by atoms with Crippen LogP contribution in [0.1, 0.15) is 37.8 Å². The minimum Gasteiger partial charge on any atom is -0.491 e. The molecule has 0 aliphatic heterocycles. The molecule has 0 unspecified atom stereocenters. The van der Waals surface area contributed by atoms with Crippen LogP contribution in [0.15, 0.2) is 57.4 Å². The molecular formula is C23H27ClN6O4. The summed E-state index contributed by atoms with van der Waals surface area (Å²) in [6.07, 6.45) is 0.181. The Morgan fingerprint density at radius 3 is 2.50 bits per heavy atom. The quantitative estimate of drug-likeness (QED) is 0.367. The van der Waals surface area contributed by atoms with Crippen molar-refractivity contribution in [1.82, 2.24) is 14.0 Å². The number of aromatic nitrogens is 3. The molecule has 0 saturated heterocycles. The number of carbonyl (C=O) groups excluding carboxylic acids is 1. The van der Waals surface area contributed by atoms with Crippen LogP contribution >= 0.6 is 11.6 Å². The van der Waals surface area contributed by atoms with Crippen molar-refractivity contribution in [1.29, 1.82) is 0 Å². The van der Waals surface area contributed by atoms with Gasteiger partial charge in [0.1, 0.15) is 5.75 Å². The Labute approximate surface area is 201 Å². The molecule has 0 bridgehead atoms. The smallest absolute Gasteiger partial charge is 0.347 e. The molecule has 0 radical (unpaired) electrons. The van der Waals surface area contributed by atoms with Gasteiger partial charge in [-0.2, -0.15) is 4.79 Å². The number of nitrogens with zero attached hydrogens (tertiary/aromatic N) is 5. The molecule has 1 amide bonds. The molecule has 11 heteroatoms. The fourth-order valence-electron chi connectivity index (χ4n) is 3.40. The molecule has 0 aliphatic rings. The molecule has 3 rings (SSSR count). The van der Waals surface area contributed by atoms with Crippen LogP contribution in [0.25, 0.3) is 0 Å². The predicted molar refractivity (Wildman–Crippen MR) is 130 cm³/mol. The van der Waals surface area contributed by atoms with Crippen LogP contribution in [-0.4, -0.2) is 26.1 Å². The standard InChI is InChI=1S/C23H27ClN6O4/c1-15(2)34-20-11-10-19(13-16(20)3)26-22-28(14-17-6-8-18(24)9-7-17)23(32)29(30(22)25)12-4-5-21(31)27-33/h6-11,13,15H,4-5,12,14,25H2,1-3H3. The fraction of sp³-hybridized carbons (Fsp3) is 0.348. The van der Waals surface area contributed by atoms with E-state index < -0.39 is 11.6 Å².